The van der Waals surface area contributed by atoms with E-state index in [0.717, 1.165) is 61.4 Å². The van der Waals surface area contributed by atoms with Crippen LogP contribution in [-0.4, -0.2) is 46.8 Å². The van der Waals surface area contributed by atoms with Crippen LogP contribution in [0.2, 0.25) is 0 Å². The lowest BCUT2D eigenvalue weighted by Gasteiger charge is -2.17. The van der Waals surface area contributed by atoms with Crippen molar-refractivity contribution in [2.75, 3.05) is 37.2 Å². The Balaban J connectivity index is 2.62. The van der Waals surface area contributed by atoms with Gasteiger partial charge < -0.3 is 10.2 Å². The molecule has 0 unspecified atom stereocenters. The van der Waals surface area contributed by atoms with Crippen LogP contribution >= 0.6 is 11.8 Å². The minimum absolute atomic E-state index is 0.895. The Morgan fingerprint density at radius 1 is 1.15 bits per heavy atom. The average Bonchev–Trinajstić information content (AvgIpc) is 2.44. The van der Waals surface area contributed by atoms with Gasteiger partial charge in [0.05, 0.1) is 0 Å². The number of nitrogens with zero attached hydrogens (tertiary/aromatic N) is 3. The molecule has 0 saturated heterocycles. The molecule has 1 aromatic heterocycles. The van der Waals surface area contributed by atoms with Crippen molar-refractivity contribution in [2.45, 2.75) is 45.6 Å². The predicted molar refractivity (Wildman–Crippen MR) is 88.7 cm³/mol. The van der Waals surface area contributed by atoms with Crippen LogP contribution in [0.25, 0.3) is 0 Å². The number of rotatable bonds is 10. The lowest BCUT2D eigenvalue weighted by molar-refractivity contribution is 0.324. The third-order valence-corrected chi connectivity index (χ3v) is 4.02. The summed E-state index contributed by atoms with van der Waals surface area (Å²) in [6, 6.07) is 2.07. The van der Waals surface area contributed by atoms with E-state index in [1.54, 1.807) is 0 Å². The summed E-state index contributed by atoms with van der Waals surface area (Å²) >= 11 is 1.83. The maximum absolute atomic E-state index is 4.65. The first-order chi connectivity index (χ1) is 9.73. The molecule has 20 heavy (non-hydrogen) atoms. The molecule has 1 heterocycles. The highest BCUT2D eigenvalue weighted by molar-refractivity contribution is 7.99. The van der Waals surface area contributed by atoms with Gasteiger partial charge in [-0.15, -0.1) is 11.8 Å². The minimum Gasteiger partial charge on any atom is -0.370 e. The zero-order valence-corrected chi connectivity index (χ0v) is 14.1. The van der Waals surface area contributed by atoms with Gasteiger partial charge in [-0.3, -0.25) is 0 Å². The summed E-state index contributed by atoms with van der Waals surface area (Å²) in [6.07, 6.45) is 2.03. The number of anilines is 1. The van der Waals surface area contributed by atoms with Gasteiger partial charge in [-0.2, -0.15) is 0 Å². The summed E-state index contributed by atoms with van der Waals surface area (Å²) in [4.78, 5) is 11.6. The standard InChI is InChI=1S/C15H28N4S/c1-5-9-13-17-14(16-6-2)12-15(18-13)20-11-10-19(7-3)8-4/h12H,5-11H2,1-4H3,(H,16,17,18). The molecule has 114 valence electrons. The molecule has 1 rings (SSSR count). The van der Waals surface area contributed by atoms with Crippen LogP contribution in [0.15, 0.2) is 11.1 Å². The topological polar surface area (TPSA) is 41.1 Å². The van der Waals surface area contributed by atoms with Crippen LogP contribution in [0.3, 0.4) is 0 Å². The van der Waals surface area contributed by atoms with Crippen molar-refractivity contribution < 1.29 is 0 Å². The molecule has 1 aromatic rings. The molecule has 0 saturated carbocycles. The maximum Gasteiger partial charge on any atom is 0.132 e. The Morgan fingerprint density at radius 2 is 1.90 bits per heavy atom. The van der Waals surface area contributed by atoms with E-state index in [-0.39, 0.29) is 0 Å². The first-order valence-corrected chi connectivity index (χ1v) is 8.68. The van der Waals surface area contributed by atoms with E-state index in [1.165, 1.54) is 0 Å². The number of hydrogen-bond acceptors (Lipinski definition) is 5. The fourth-order valence-corrected chi connectivity index (χ4v) is 2.90. The van der Waals surface area contributed by atoms with Crippen molar-refractivity contribution in [3.63, 3.8) is 0 Å². The first kappa shape index (κ1) is 17.2. The van der Waals surface area contributed by atoms with Gasteiger partial charge in [0.2, 0.25) is 0 Å². The number of thioether (sulfide) groups is 1. The molecule has 0 fully saturated rings. The second kappa shape index (κ2) is 10.00. The molecule has 0 atom stereocenters. The van der Waals surface area contributed by atoms with Gasteiger partial charge in [0.25, 0.3) is 0 Å². The molecular weight excluding hydrogens is 268 g/mol. The van der Waals surface area contributed by atoms with E-state index in [4.69, 9.17) is 0 Å². The second-order valence-corrected chi connectivity index (χ2v) is 5.78. The van der Waals surface area contributed by atoms with Crippen LogP contribution in [0.1, 0.15) is 39.9 Å². The van der Waals surface area contributed by atoms with Crippen LogP contribution in [-0.2, 0) is 6.42 Å². The lowest BCUT2D eigenvalue weighted by Crippen LogP contribution is -2.25. The van der Waals surface area contributed by atoms with Crippen molar-refractivity contribution >= 4 is 17.6 Å². The van der Waals surface area contributed by atoms with Gasteiger partial charge in [0.1, 0.15) is 16.7 Å². The molecule has 4 nitrogen and oxygen atoms in total. The molecule has 5 heteroatoms. The highest BCUT2D eigenvalue weighted by atomic mass is 32.2. The third kappa shape index (κ3) is 6.09. The molecular formula is C15H28N4S. The lowest BCUT2D eigenvalue weighted by atomic mass is 10.3. The molecule has 0 amide bonds. The van der Waals surface area contributed by atoms with E-state index >= 15 is 0 Å². The van der Waals surface area contributed by atoms with Gasteiger partial charge in [-0.25, -0.2) is 9.97 Å². The Morgan fingerprint density at radius 3 is 2.50 bits per heavy atom. The normalized spacial score (nSPS) is 11.1. The van der Waals surface area contributed by atoms with Crippen molar-refractivity contribution in [3.8, 4) is 0 Å². The van der Waals surface area contributed by atoms with Crippen molar-refractivity contribution in [1.29, 1.82) is 0 Å². The van der Waals surface area contributed by atoms with E-state index < -0.39 is 0 Å². The Bertz CT molecular complexity index is 356. The summed E-state index contributed by atoms with van der Waals surface area (Å²) in [6.45, 7) is 12.9. The van der Waals surface area contributed by atoms with E-state index in [2.05, 4.69) is 53.9 Å². The van der Waals surface area contributed by atoms with Crippen molar-refractivity contribution in [3.05, 3.63) is 11.9 Å². The van der Waals surface area contributed by atoms with E-state index in [1.807, 2.05) is 11.8 Å². The highest BCUT2D eigenvalue weighted by Gasteiger charge is 2.06. The Labute approximate surface area is 127 Å². The molecule has 1 N–H and O–H groups in total. The quantitative estimate of drug-likeness (QED) is 0.530. The summed E-state index contributed by atoms with van der Waals surface area (Å²) in [5.74, 6) is 2.99. The third-order valence-electron chi connectivity index (χ3n) is 3.13. The van der Waals surface area contributed by atoms with Crippen molar-refractivity contribution in [2.24, 2.45) is 0 Å². The smallest absolute Gasteiger partial charge is 0.132 e. The molecule has 0 aliphatic heterocycles. The summed E-state index contributed by atoms with van der Waals surface area (Å²) in [7, 11) is 0. The van der Waals surface area contributed by atoms with Gasteiger partial charge in [-0.05, 0) is 26.4 Å². The van der Waals surface area contributed by atoms with Crippen LogP contribution in [0, 0.1) is 0 Å². The number of aromatic nitrogens is 2. The van der Waals surface area contributed by atoms with E-state index in [0.29, 0.717) is 0 Å². The molecule has 0 bridgehead atoms. The van der Waals surface area contributed by atoms with Crippen LogP contribution in [0.4, 0.5) is 5.82 Å². The van der Waals surface area contributed by atoms with Gasteiger partial charge in [0, 0.05) is 31.3 Å². The fraction of sp³-hybridized carbons (Fsp3) is 0.733. The fourth-order valence-electron chi connectivity index (χ4n) is 1.97. The average molecular weight is 296 g/mol. The largest absolute Gasteiger partial charge is 0.370 e. The highest BCUT2D eigenvalue weighted by Crippen LogP contribution is 2.19. The second-order valence-electron chi connectivity index (χ2n) is 4.66. The Kier molecular flexibility index (Phi) is 8.62. The SMILES string of the molecule is CCCc1nc(NCC)cc(SCCN(CC)CC)n1. The van der Waals surface area contributed by atoms with Gasteiger partial charge in [-0.1, -0.05) is 20.8 Å². The monoisotopic (exact) mass is 296 g/mol. The summed E-state index contributed by atoms with van der Waals surface area (Å²) in [5.41, 5.74) is 0. The predicted octanol–water partition coefficient (Wildman–Crippen LogP) is 3.29. The first-order valence-electron chi connectivity index (χ1n) is 7.70. The molecule has 0 radical (unpaired) electrons. The zero-order valence-electron chi connectivity index (χ0n) is 13.3. The molecule has 0 aliphatic rings. The minimum atomic E-state index is 0.895. The number of aryl methyl sites for hydroxylation is 1. The van der Waals surface area contributed by atoms with Gasteiger partial charge >= 0.3 is 0 Å². The van der Waals surface area contributed by atoms with Crippen molar-refractivity contribution in [1.82, 2.24) is 14.9 Å². The number of nitrogens with one attached hydrogen (secondary N) is 1. The molecule has 0 aromatic carbocycles. The number of hydrogen-bond donors (Lipinski definition) is 1. The molecule has 0 aliphatic carbocycles. The molecule has 0 spiro atoms. The maximum atomic E-state index is 4.65. The summed E-state index contributed by atoms with van der Waals surface area (Å²) in [5, 5.41) is 4.38. The zero-order chi connectivity index (χ0) is 14.8. The van der Waals surface area contributed by atoms with E-state index in [9.17, 15) is 0 Å². The summed E-state index contributed by atoms with van der Waals surface area (Å²) < 4.78 is 0. The van der Waals surface area contributed by atoms with Gasteiger partial charge in [0.15, 0.2) is 0 Å². The Hall–Kier alpha value is -0.810. The van der Waals surface area contributed by atoms with Crippen LogP contribution < -0.4 is 5.32 Å². The van der Waals surface area contributed by atoms with Crippen LogP contribution in [0.5, 0.6) is 0 Å².